The van der Waals surface area contributed by atoms with Gasteiger partial charge in [0, 0.05) is 24.7 Å². The molecule has 2 N–H and O–H groups in total. The van der Waals surface area contributed by atoms with E-state index in [1.54, 1.807) is 13.0 Å². The Morgan fingerprint density at radius 1 is 0.750 bits per heavy atom. The molecule has 2 atom stereocenters. The zero-order valence-electron chi connectivity index (χ0n) is 24.8. The number of hydrogen-bond acceptors (Lipinski definition) is 6. The minimum atomic E-state index is -0.328. The quantitative estimate of drug-likeness (QED) is 0.147. The zero-order chi connectivity index (χ0) is 29.6. The van der Waals surface area contributed by atoms with Crippen LogP contribution in [0.3, 0.4) is 0 Å². The molecule has 0 saturated carbocycles. The fourth-order valence-electron chi connectivity index (χ4n) is 4.11. The van der Waals surface area contributed by atoms with Gasteiger partial charge in [0.2, 0.25) is 0 Å². The van der Waals surface area contributed by atoms with Crippen LogP contribution in [0.2, 0.25) is 0 Å². The molecule has 0 spiro atoms. The highest BCUT2D eigenvalue weighted by molar-refractivity contribution is 5.92. The van der Waals surface area contributed by atoms with Gasteiger partial charge in [-0.15, -0.1) is 0 Å². The van der Waals surface area contributed by atoms with E-state index >= 15 is 0 Å². The van der Waals surface area contributed by atoms with Gasteiger partial charge in [-0.25, -0.2) is 9.59 Å². The van der Waals surface area contributed by atoms with E-state index in [0.717, 1.165) is 56.9 Å². The number of aliphatic hydroxyl groups excluding tert-OH is 2. The highest BCUT2D eigenvalue weighted by Crippen LogP contribution is 2.19. The second-order valence-electron chi connectivity index (χ2n) is 9.90. The van der Waals surface area contributed by atoms with Crippen molar-refractivity contribution in [3.63, 3.8) is 0 Å². The number of hydrogen-bond donors (Lipinski definition) is 2. The van der Waals surface area contributed by atoms with Crippen molar-refractivity contribution >= 4 is 11.9 Å². The molecule has 0 fully saturated rings. The van der Waals surface area contributed by atoms with Crippen molar-refractivity contribution in [2.45, 2.75) is 79.1 Å². The molecular weight excluding hydrogens is 504 g/mol. The van der Waals surface area contributed by atoms with Crippen LogP contribution >= 0.6 is 0 Å². The molecule has 0 amide bonds. The first-order valence-corrected chi connectivity index (χ1v) is 14.6. The summed E-state index contributed by atoms with van der Waals surface area (Å²) in [4.78, 5) is 23.7. The summed E-state index contributed by atoms with van der Waals surface area (Å²) in [6, 6.07) is 14.9. The number of aryl methyl sites for hydroxylation is 1. The van der Waals surface area contributed by atoms with E-state index in [0.29, 0.717) is 35.8 Å². The molecule has 2 rings (SSSR count). The summed E-state index contributed by atoms with van der Waals surface area (Å²) in [6.45, 7) is 9.16. The Bertz CT molecular complexity index is 1050. The first-order valence-electron chi connectivity index (χ1n) is 14.6. The molecule has 0 aromatic heterocycles. The second kappa shape index (κ2) is 21.7. The van der Waals surface area contributed by atoms with E-state index in [9.17, 15) is 9.59 Å². The predicted octanol–water partition coefficient (Wildman–Crippen LogP) is 6.61. The van der Waals surface area contributed by atoms with Crippen molar-refractivity contribution < 1.29 is 29.3 Å². The molecular formula is C34H48O6. The van der Waals surface area contributed by atoms with Crippen molar-refractivity contribution in [1.29, 1.82) is 0 Å². The number of esters is 2. The fraction of sp³-hybridized carbons (Fsp3) is 0.529. The Morgan fingerprint density at radius 3 is 1.93 bits per heavy atom. The molecule has 2 aromatic rings. The van der Waals surface area contributed by atoms with Crippen molar-refractivity contribution in [3.8, 4) is 11.8 Å². The van der Waals surface area contributed by atoms with Crippen LogP contribution in [0.25, 0.3) is 0 Å². The number of carbonyl (C=O) groups is 2. The lowest BCUT2D eigenvalue weighted by Gasteiger charge is -2.13. The van der Waals surface area contributed by atoms with Gasteiger partial charge in [0.1, 0.15) is 0 Å². The maximum Gasteiger partial charge on any atom is 0.339 e. The molecule has 40 heavy (non-hydrogen) atoms. The summed E-state index contributed by atoms with van der Waals surface area (Å²) in [5, 5.41) is 17.5. The number of carbonyl (C=O) groups excluding carboxylic acids is 2. The fourth-order valence-corrected chi connectivity index (χ4v) is 4.11. The number of aliphatic hydroxyl groups is 2. The highest BCUT2D eigenvalue weighted by Gasteiger charge is 2.13. The van der Waals surface area contributed by atoms with Crippen LogP contribution < -0.4 is 0 Å². The van der Waals surface area contributed by atoms with Crippen molar-refractivity contribution in [1.82, 2.24) is 0 Å². The average Bonchev–Trinajstić information content (AvgIpc) is 2.96. The van der Waals surface area contributed by atoms with Gasteiger partial charge in [-0.05, 0) is 82.1 Å². The van der Waals surface area contributed by atoms with Gasteiger partial charge in [0.05, 0.1) is 24.3 Å². The minimum Gasteiger partial charge on any atom is -0.462 e. The number of ether oxygens (including phenoxy) is 2. The third-order valence-electron chi connectivity index (χ3n) is 6.45. The average molecular weight is 553 g/mol. The Morgan fingerprint density at radius 2 is 1.30 bits per heavy atom. The summed E-state index contributed by atoms with van der Waals surface area (Å²) in [5.74, 6) is 6.52. The molecule has 6 heteroatoms. The smallest absolute Gasteiger partial charge is 0.339 e. The summed E-state index contributed by atoms with van der Waals surface area (Å²) in [5.41, 5.74) is 2.99. The second-order valence-corrected chi connectivity index (χ2v) is 9.90. The van der Waals surface area contributed by atoms with E-state index in [-0.39, 0.29) is 31.1 Å². The number of rotatable bonds is 15. The molecule has 0 aliphatic carbocycles. The van der Waals surface area contributed by atoms with E-state index in [1.165, 1.54) is 0 Å². The molecule has 220 valence electrons. The number of benzene rings is 2. The topological polar surface area (TPSA) is 93.1 Å². The van der Waals surface area contributed by atoms with Gasteiger partial charge in [-0.1, -0.05) is 68.9 Å². The van der Waals surface area contributed by atoms with Crippen LogP contribution in [-0.4, -0.2) is 48.6 Å². The van der Waals surface area contributed by atoms with Gasteiger partial charge in [0.15, 0.2) is 0 Å². The lowest BCUT2D eigenvalue weighted by atomic mass is 9.94. The normalized spacial score (nSPS) is 11.8. The number of unbranched alkanes of at least 4 members (excludes halogenated alkanes) is 2. The third kappa shape index (κ3) is 14.3. The monoisotopic (exact) mass is 552 g/mol. The summed E-state index contributed by atoms with van der Waals surface area (Å²) >= 11 is 0. The summed E-state index contributed by atoms with van der Waals surface area (Å²) < 4.78 is 10.1. The lowest BCUT2D eigenvalue weighted by Crippen LogP contribution is -2.09. The molecule has 2 aromatic carbocycles. The molecule has 0 unspecified atom stereocenters. The van der Waals surface area contributed by atoms with E-state index in [4.69, 9.17) is 19.7 Å². The molecule has 0 bridgehead atoms. The van der Waals surface area contributed by atoms with Crippen molar-refractivity contribution in [2.24, 2.45) is 11.8 Å². The maximum atomic E-state index is 11.9. The van der Waals surface area contributed by atoms with E-state index in [1.807, 2.05) is 49.4 Å². The van der Waals surface area contributed by atoms with Gasteiger partial charge in [-0.3, -0.25) is 0 Å². The zero-order valence-corrected chi connectivity index (χ0v) is 24.8. The molecule has 0 aliphatic heterocycles. The lowest BCUT2D eigenvalue weighted by molar-refractivity contribution is 0.0516. The Kier molecular flexibility index (Phi) is 18.9. The van der Waals surface area contributed by atoms with Gasteiger partial charge in [0.25, 0.3) is 0 Å². The van der Waals surface area contributed by atoms with Gasteiger partial charge >= 0.3 is 11.9 Å². The van der Waals surface area contributed by atoms with Crippen LogP contribution in [0, 0.1) is 23.7 Å². The van der Waals surface area contributed by atoms with Crippen LogP contribution in [-0.2, 0) is 15.9 Å². The maximum absolute atomic E-state index is 11.9. The Labute approximate surface area is 241 Å². The molecule has 6 nitrogen and oxygen atoms in total. The predicted molar refractivity (Wildman–Crippen MR) is 160 cm³/mol. The largest absolute Gasteiger partial charge is 0.462 e. The Hall–Kier alpha value is -3.14. The summed E-state index contributed by atoms with van der Waals surface area (Å²) in [6.07, 6.45) is 7.76. The standard InChI is InChI=1S/C17H26O3.C17H22O3/c2*1-3-20-17(19)16-10-5-4-9-15(16)12-11-14(2)8-6-7-13-18/h4-5,9-10,14,18H,3,6-8,11-13H2,1-2H3;4-5,9-10,14,18H,3,6-8,13H2,1-2H3/t2*14-/m11/s1. The van der Waals surface area contributed by atoms with Crippen molar-refractivity contribution in [2.75, 3.05) is 26.4 Å². The first kappa shape index (κ1) is 34.9. The van der Waals surface area contributed by atoms with Gasteiger partial charge < -0.3 is 19.7 Å². The molecule has 0 radical (unpaired) electrons. The molecule has 0 heterocycles. The molecule has 0 saturated heterocycles. The third-order valence-corrected chi connectivity index (χ3v) is 6.45. The minimum absolute atomic E-state index is 0.226. The highest BCUT2D eigenvalue weighted by atomic mass is 16.5. The summed E-state index contributed by atoms with van der Waals surface area (Å²) in [7, 11) is 0. The van der Waals surface area contributed by atoms with Crippen LogP contribution in [0.5, 0.6) is 0 Å². The van der Waals surface area contributed by atoms with Crippen molar-refractivity contribution in [3.05, 3.63) is 70.8 Å². The van der Waals surface area contributed by atoms with E-state index in [2.05, 4.69) is 25.7 Å². The van der Waals surface area contributed by atoms with Crippen LogP contribution in [0.15, 0.2) is 48.5 Å². The van der Waals surface area contributed by atoms with E-state index < -0.39 is 0 Å². The first-order chi connectivity index (χ1) is 19.4. The van der Waals surface area contributed by atoms with Gasteiger partial charge in [-0.2, -0.15) is 0 Å². The molecule has 0 aliphatic rings. The Balaban J connectivity index is 0.000000400. The SMILES string of the molecule is CCOC(=O)c1ccccc1C#C[C@H](C)CCCCO.CCOC(=O)c1ccccc1CC[C@H](C)CCCCO. The van der Waals surface area contributed by atoms with Crippen LogP contribution in [0.1, 0.15) is 104 Å². The van der Waals surface area contributed by atoms with Crippen LogP contribution in [0.4, 0.5) is 0 Å².